The van der Waals surface area contributed by atoms with Crippen molar-refractivity contribution in [1.82, 2.24) is 25.1 Å². The van der Waals surface area contributed by atoms with Crippen molar-refractivity contribution in [3.05, 3.63) is 29.8 Å². The Morgan fingerprint density at radius 3 is 2.95 bits per heavy atom. The largest absolute Gasteiger partial charge is 0.379 e. The third kappa shape index (κ3) is 4.06. The predicted molar refractivity (Wildman–Crippen MR) is 86.5 cm³/mol. The summed E-state index contributed by atoms with van der Waals surface area (Å²) in [5.41, 5.74) is 2.22. The maximum Gasteiger partial charge on any atom is 0.214 e. The van der Waals surface area contributed by atoms with Crippen molar-refractivity contribution in [1.29, 1.82) is 0 Å². The van der Waals surface area contributed by atoms with Gasteiger partial charge < -0.3 is 4.74 Å². The van der Waals surface area contributed by atoms with Crippen LogP contribution in [-0.2, 0) is 4.74 Å². The molecule has 1 aliphatic rings. The Bertz CT molecular complexity index is 597. The standard InChI is InChI=1S/C15H21N5OS/c1-13-4-2-5-14(12-13)20-15(16-17-18-20)22-11-3-6-19-7-9-21-10-8-19/h2,4-5,12H,3,6-11H2,1H3. The number of hydrogen-bond donors (Lipinski definition) is 0. The molecule has 0 radical (unpaired) electrons. The first-order valence-corrected chi connectivity index (χ1v) is 8.60. The summed E-state index contributed by atoms with van der Waals surface area (Å²) in [5, 5.41) is 12.9. The lowest BCUT2D eigenvalue weighted by Gasteiger charge is -2.26. The quantitative estimate of drug-likeness (QED) is 0.598. The second-order valence-electron chi connectivity index (χ2n) is 5.37. The summed E-state index contributed by atoms with van der Waals surface area (Å²) in [5.74, 6) is 1.02. The zero-order chi connectivity index (χ0) is 15.2. The van der Waals surface area contributed by atoms with Gasteiger partial charge in [-0.2, -0.15) is 4.68 Å². The number of aromatic nitrogens is 4. The molecule has 22 heavy (non-hydrogen) atoms. The van der Waals surface area contributed by atoms with Crippen molar-refractivity contribution in [3.63, 3.8) is 0 Å². The first-order valence-electron chi connectivity index (χ1n) is 7.61. The summed E-state index contributed by atoms with van der Waals surface area (Å²) in [7, 11) is 0. The molecular formula is C15H21N5OS. The van der Waals surface area contributed by atoms with Gasteiger partial charge in [-0.05, 0) is 48.0 Å². The fraction of sp³-hybridized carbons (Fsp3) is 0.533. The number of rotatable bonds is 6. The summed E-state index contributed by atoms with van der Waals surface area (Å²) < 4.78 is 7.17. The molecule has 0 saturated carbocycles. The summed E-state index contributed by atoms with van der Waals surface area (Å²) in [4.78, 5) is 2.45. The molecule has 1 saturated heterocycles. The van der Waals surface area contributed by atoms with Crippen LogP contribution in [0.2, 0.25) is 0 Å². The lowest BCUT2D eigenvalue weighted by Crippen LogP contribution is -2.36. The van der Waals surface area contributed by atoms with Gasteiger partial charge in [0, 0.05) is 18.8 Å². The fourth-order valence-electron chi connectivity index (χ4n) is 2.47. The van der Waals surface area contributed by atoms with Crippen molar-refractivity contribution < 1.29 is 4.74 Å². The number of tetrazole rings is 1. The van der Waals surface area contributed by atoms with Gasteiger partial charge in [-0.25, -0.2) is 0 Å². The summed E-state index contributed by atoms with van der Waals surface area (Å²) in [6, 6.07) is 8.22. The molecule has 0 unspecified atom stereocenters. The van der Waals surface area contributed by atoms with Crippen LogP contribution in [0, 0.1) is 6.92 Å². The monoisotopic (exact) mass is 319 g/mol. The van der Waals surface area contributed by atoms with E-state index in [-0.39, 0.29) is 0 Å². The van der Waals surface area contributed by atoms with Crippen LogP contribution in [0.3, 0.4) is 0 Å². The molecule has 7 heteroatoms. The molecule has 6 nitrogen and oxygen atoms in total. The van der Waals surface area contributed by atoms with Crippen molar-refractivity contribution in [2.75, 3.05) is 38.6 Å². The van der Waals surface area contributed by atoms with Crippen molar-refractivity contribution in [2.45, 2.75) is 18.5 Å². The number of benzene rings is 1. The molecule has 0 bridgehead atoms. The van der Waals surface area contributed by atoms with Gasteiger partial charge in [-0.1, -0.05) is 23.9 Å². The summed E-state index contributed by atoms with van der Waals surface area (Å²) in [6.45, 7) is 7.00. The lowest BCUT2D eigenvalue weighted by molar-refractivity contribution is 0.0381. The average Bonchev–Trinajstić information content (AvgIpc) is 3.01. The minimum Gasteiger partial charge on any atom is -0.379 e. The van der Waals surface area contributed by atoms with Gasteiger partial charge in [0.1, 0.15) is 0 Å². The zero-order valence-corrected chi connectivity index (χ0v) is 13.6. The Kier molecular flexibility index (Phi) is 5.42. The minimum absolute atomic E-state index is 0.854. The maximum atomic E-state index is 5.36. The molecule has 0 aliphatic carbocycles. The number of hydrogen-bond acceptors (Lipinski definition) is 6. The Morgan fingerprint density at radius 1 is 1.27 bits per heavy atom. The molecule has 2 heterocycles. The number of aryl methyl sites for hydroxylation is 1. The topological polar surface area (TPSA) is 56.1 Å². The van der Waals surface area contributed by atoms with Crippen LogP contribution in [0.15, 0.2) is 29.4 Å². The number of nitrogens with zero attached hydrogens (tertiary/aromatic N) is 5. The van der Waals surface area contributed by atoms with Gasteiger partial charge in [-0.3, -0.25) is 4.90 Å². The zero-order valence-electron chi connectivity index (χ0n) is 12.8. The Morgan fingerprint density at radius 2 is 2.14 bits per heavy atom. The van der Waals surface area contributed by atoms with Gasteiger partial charge in [0.2, 0.25) is 5.16 Å². The molecular weight excluding hydrogens is 298 g/mol. The average molecular weight is 319 g/mol. The molecule has 1 aromatic carbocycles. The number of thioether (sulfide) groups is 1. The normalized spacial score (nSPS) is 16.0. The van der Waals surface area contributed by atoms with Crippen LogP contribution in [0.4, 0.5) is 0 Å². The van der Waals surface area contributed by atoms with E-state index in [2.05, 4.69) is 39.5 Å². The van der Waals surface area contributed by atoms with E-state index in [1.165, 1.54) is 5.56 Å². The molecule has 1 fully saturated rings. The molecule has 0 spiro atoms. The van der Waals surface area contributed by atoms with Crippen molar-refractivity contribution in [2.24, 2.45) is 0 Å². The van der Waals surface area contributed by atoms with E-state index in [1.807, 2.05) is 16.8 Å². The third-order valence-corrected chi connectivity index (χ3v) is 4.65. The van der Waals surface area contributed by atoms with Crippen LogP contribution in [0.5, 0.6) is 0 Å². The van der Waals surface area contributed by atoms with E-state index >= 15 is 0 Å². The molecule has 1 aromatic heterocycles. The molecule has 3 rings (SSSR count). The van der Waals surface area contributed by atoms with Gasteiger partial charge in [0.25, 0.3) is 0 Å². The molecule has 1 aliphatic heterocycles. The van der Waals surface area contributed by atoms with Crippen LogP contribution < -0.4 is 0 Å². The van der Waals surface area contributed by atoms with E-state index in [0.29, 0.717) is 0 Å². The van der Waals surface area contributed by atoms with Crippen molar-refractivity contribution >= 4 is 11.8 Å². The lowest BCUT2D eigenvalue weighted by atomic mass is 10.2. The molecule has 118 valence electrons. The van der Waals surface area contributed by atoms with E-state index in [1.54, 1.807) is 11.8 Å². The first kappa shape index (κ1) is 15.5. The predicted octanol–water partition coefficient (Wildman–Crippen LogP) is 1.79. The van der Waals surface area contributed by atoms with Gasteiger partial charge in [0.15, 0.2) is 0 Å². The SMILES string of the molecule is Cc1cccc(-n2nnnc2SCCCN2CCOCC2)c1. The second-order valence-corrected chi connectivity index (χ2v) is 6.43. The summed E-state index contributed by atoms with van der Waals surface area (Å²) in [6.07, 6.45) is 1.13. The van der Waals surface area contributed by atoms with Crippen LogP contribution in [0.1, 0.15) is 12.0 Å². The molecule has 0 amide bonds. The van der Waals surface area contributed by atoms with E-state index in [0.717, 1.165) is 55.9 Å². The maximum absolute atomic E-state index is 5.36. The van der Waals surface area contributed by atoms with Gasteiger partial charge in [0.05, 0.1) is 18.9 Å². The molecule has 2 aromatic rings. The first-order chi connectivity index (χ1) is 10.8. The second kappa shape index (κ2) is 7.71. The van der Waals surface area contributed by atoms with Gasteiger partial charge >= 0.3 is 0 Å². The Balaban J connectivity index is 1.52. The smallest absolute Gasteiger partial charge is 0.214 e. The van der Waals surface area contributed by atoms with E-state index in [4.69, 9.17) is 4.74 Å². The summed E-state index contributed by atoms with van der Waals surface area (Å²) >= 11 is 1.71. The fourth-order valence-corrected chi connectivity index (χ4v) is 3.28. The Hall–Kier alpha value is -1.44. The van der Waals surface area contributed by atoms with Crippen LogP contribution >= 0.6 is 11.8 Å². The highest BCUT2D eigenvalue weighted by atomic mass is 32.2. The van der Waals surface area contributed by atoms with E-state index in [9.17, 15) is 0 Å². The highest BCUT2D eigenvalue weighted by Gasteiger charge is 2.11. The Labute approximate surface area is 134 Å². The minimum atomic E-state index is 0.854. The third-order valence-electron chi connectivity index (χ3n) is 3.64. The van der Waals surface area contributed by atoms with Crippen LogP contribution in [0.25, 0.3) is 5.69 Å². The van der Waals surface area contributed by atoms with Crippen molar-refractivity contribution in [3.8, 4) is 5.69 Å². The molecule has 0 atom stereocenters. The number of morpholine rings is 1. The number of ether oxygens (including phenoxy) is 1. The van der Waals surface area contributed by atoms with E-state index < -0.39 is 0 Å². The van der Waals surface area contributed by atoms with Gasteiger partial charge in [-0.15, -0.1) is 5.10 Å². The highest BCUT2D eigenvalue weighted by molar-refractivity contribution is 7.99. The highest BCUT2D eigenvalue weighted by Crippen LogP contribution is 2.19. The molecule has 0 N–H and O–H groups in total. The van der Waals surface area contributed by atoms with Crippen LogP contribution in [-0.4, -0.2) is 63.7 Å².